The number of hydrogen-bond acceptors (Lipinski definition) is 6. The Labute approximate surface area is 218 Å². The molecule has 4 nitrogen and oxygen atoms in total. The quantitative estimate of drug-likeness (QED) is 0.229. The minimum Gasteiger partial charge on any atom is -0.385 e. The third-order valence-electron chi connectivity index (χ3n) is 5.40. The van der Waals surface area contributed by atoms with E-state index in [0.29, 0.717) is 17.4 Å². The molecular weight excluding hydrogens is 494 g/mol. The minimum atomic E-state index is -0.840. The molecule has 2 heterocycles. The maximum atomic E-state index is 10.6. The van der Waals surface area contributed by atoms with Crippen molar-refractivity contribution in [2.45, 2.75) is 18.9 Å². The van der Waals surface area contributed by atoms with Gasteiger partial charge in [0.1, 0.15) is 0 Å². The SMILES string of the molecule is CC(O)(CCNc1nc(-c2ccccc2)cs1)c1ccccc1.Clc1nc(-c2ccccc2)cs1. The van der Waals surface area contributed by atoms with Crippen molar-refractivity contribution in [3.8, 4) is 22.5 Å². The normalized spacial score (nSPS) is 12.3. The number of anilines is 1. The van der Waals surface area contributed by atoms with Gasteiger partial charge in [-0.1, -0.05) is 103 Å². The first kappa shape index (κ1) is 25.1. The van der Waals surface area contributed by atoms with Crippen LogP contribution in [0.2, 0.25) is 4.47 Å². The zero-order valence-corrected chi connectivity index (χ0v) is 21.7. The van der Waals surface area contributed by atoms with Gasteiger partial charge in [0, 0.05) is 28.4 Å². The standard InChI is InChI=1S/C19H20N2OS.C9H6ClNS/c1-19(22,16-10-6-3-7-11-16)12-13-20-18-21-17(14-23-18)15-8-4-2-5-9-15;10-9-11-8(6-12-9)7-4-2-1-3-5-7/h2-11,14,22H,12-13H2,1H3,(H,20,21);1-6H. The van der Waals surface area contributed by atoms with Crippen LogP contribution in [0.4, 0.5) is 5.13 Å². The maximum absolute atomic E-state index is 10.6. The molecule has 0 aliphatic rings. The molecule has 0 fully saturated rings. The molecule has 3 aromatic carbocycles. The number of aliphatic hydroxyl groups is 1. The molecule has 0 bridgehead atoms. The smallest absolute Gasteiger partial charge is 0.184 e. The van der Waals surface area contributed by atoms with Crippen molar-refractivity contribution in [1.82, 2.24) is 9.97 Å². The van der Waals surface area contributed by atoms with Gasteiger partial charge in [0.25, 0.3) is 0 Å². The molecule has 0 spiro atoms. The molecule has 0 saturated carbocycles. The van der Waals surface area contributed by atoms with Gasteiger partial charge in [0.15, 0.2) is 9.60 Å². The first-order valence-electron chi connectivity index (χ1n) is 11.2. The molecule has 2 aromatic heterocycles. The molecule has 0 aliphatic carbocycles. The van der Waals surface area contributed by atoms with Gasteiger partial charge in [0.2, 0.25) is 0 Å². The average molecular weight is 520 g/mol. The highest BCUT2D eigenvalue weighted by atomic mass is 35.5. The van der Waals surface area contributed by atoms with Gasteiger partial charge in [0.05, 0.1) is 17.0 Å². The summed E-state index contributed by atoms with van der Waals surface area (Å²) < 4.78 is 0.592. The van der Waals surface area contributed by atoms with Crippen molar-refractivity contribution in [1.29, 1.82) is 0 Å². The lowest BCUT2D eigenvalue weighted by Crippen LogP contribution is -2.24. The summed E-state index contributed by atoms with van der Waals surface area (Å²) in [4.78, 5) is 8.76. The predicted octanol–water partition coefficient (Wildman–Crippen LogP) is 7.98. The van der Waals surface area contributed by atoms with Crippen molar-refractivity contribution in [2.24, 2.45) is 0 Å². The maximum Gasteiger partial charge on any atom is 0.184 e. The molecule has 0 radical (unpaired) electrons. The summed E-state index contributed by atoms with van der Waals surface area (Å²) in [5.41, 5.74) is 4.26. The van der Waals surface area contributed by atoms with Crippen LogP contribution < -0.4 is 5.32 Å². The van der Waals surface area contributed by atoms with Crippen molar-refractivity contribution < 1.29 is 5.11 Å². The number of halogens is 1. The van der Waals surface area contributed by atoms with E-state index in [4.69, 9.17) is 11.6 Å². The Bertz CT molecular complexity index is 1310. The third kappa shape index (κ3) is 7.23. The van der Waals surface area contributed by atoms with E-state index in [9.17, 15) is 5.11 Å². The van der Waals surface area contributed by atoms with E-state index in [1.54, 1.807) is 11.3 Å². The topological polar surface area (TPSA) is 58.0 Å². The average Bonchev–Trinajstić information content (AvgIpc) is 3.55. The third-order valence-corrected chi connectivity index (χ3v) is 7.18. The summed E-state index contributed by atoms with van der Waals surface area (Å²) in [6, 6.07) is 29.9. The Morgan fingerprint density at radius 3 is 1.83 bits per heavy atom. The monoisotopic (exact) mass is 519 g/mol. The lowest BCUT2D eigenvalue weighted by Gasteiger charge is -2.23. The van der Waals surface area contributed by atoms with Crippen LogP contribution in [0.5, 0.6) is 0 Å². The number of aromatic nitrogens is 2. The van der Waals surface area contributed by atoms with E-state index in [0.717, 1.165) is 33.2 Å². The van der Waals surface area contributed by atoms with Crippen LogP contribution >= 0.6 is 34.3 Å². The highest BCUT2D eigenvalue weighted by Gasteiger charge is 2.22. The van der Waals surface area contributed by atoms with Crippen LogP contribution in [0, 0.1) is 0 Å². The molecule has 1 unspecified atom stereocenters. The summed E-state index contributed by atoms with van der Waals surface area (Å²) in [5, 5.41) is 18.8. The second-order valence-electron chi connectivity index (χ2n) is 8.07. The highest BCUT2D eigenvalue weighted by molar-refractivity contribution is 7.14. The Kier molecular flexibility index (Phi) is 8.66. The zero-order chi connectivity index (χ0) is 24.5. The van der Waals surface area contributed by atoms with E-state index in [1.807, 2.05) is 96.5 Å². The summed E-state index contributed by atoms with van der Waals surface area (Å²) in [5.74, 6) is 0. The molecular formula is C28H26ClN3OS2. The number of hydrogen-bond donors (Lipinski definition) is 2. The van der Waals surface area contributed by atoms with Crippen molar-refractivity contribution in [3.63, 3.8) is 0 Å². The largest absolute Gasteiger partial charge is 0.385 e. The van der Waals surface area contributed by atoms with Crippen LogP contribution in [-0.2, 0) is 5.60 Å². The minimum absolute atomic E-state index is 0.592. The molecule has 35 heavy (non-hydrogen) atoms. The van der Waals surface area contributed by atoms with Gasteiger partial charge in [-0.3, -0.25) is 0 Å². The van der Waals surface area contributed by atoms with Gasteiger partial charge in [-0.15, -0.1) is 22.7 Å². The second-order valence-corrected chi connectivity index (χ2v) is 10.4. The fourth-order valence-corrected chi connectivity index (χ4v) is 4.97. The molecule has 0 amide bonds. The molecule has 0 saturated heterocycles. The van der Waals surface area contributed by atoms with Gasteiger partial charge in [-0.2, -0.15) is 0 Å². The van der Waals surface area contributed by atoms with E-state index in [-0.39, 0.29) is 0 Å². The summed E-state index contributed by atoms with van der Waals surface area (Å²) in [7, 11) is 0. The van der Waals surface area contributed by atoms with E-state index in [2.05, 4.69) is 27.4 Å². The van der Waals surface area contributed by atoms with Crippen LogP contribution in [0.25, 0.3) is 22.5 Å². The van der Waals surface area contributed by atoms with Crippen molar-refractivity contribution in [2.75, 3.05) is 11.9 Å². The van der Waals surface area contributed by atoms with Crippen LogP contribution in [-0.4, -0.2) is 21.6 Å². The molecule has 2 N–H and O–H groups in total. The van der Waals surface area contributed by atoms with E-state index in [1.165, 1.54) is 11.3 Å². The Balaban J connectivity index is 0.000000201. The first-order valence-corrected chi connectivity index (χ1v) is 13.3. The molecule has 7 heteroatoms. The van der Waals surface area contributed by atoms with Crippen molar-refractivity contribution in [3.05, 3.63) is 112 Å². The summed E-state index contributed by atoms with van der Waals surface area (Å²) in [6.07, 6.45) is 0.622. The van der Waals surface area contributed by atoms with Crippen molar-refractivity contribution >= 4 is 39.4 Å². The molecule has 5 rings (SSSR count). The number of benzene rings is 3. The Morgan fingerprint density at radius 1 is 0.771 bits per heavy atom. The number of rotatable bonds is 7. The Hall–Kier alpha value is -3.03. The first-order chi connectivity index (χ1) is 17.0. The van der Waals surface area contributed by atoms with Gasteiger partial charge in [-0.25, -0.2) is 9.97 Å². The van der Waals surface area contributed by atoms with E-state index < -0.39 is 5.60 Å². The fourth-order valence-electron chi connectivity index (χ4n) is 3.44. The van der Waals surface area contributed by atoms with Crippen LogP contribution in [0.15, 0.2) is 102 Å². The lowest BCUT2D eigenvalue weighted by molar-refractivity contribution is 0.0515. The Morgan fingerprint density at radius 2 is 1.29 bits per heavy atom. The number of thiazole rings is 2. The zero-order valence-electron chi connectivity index (χ0n) is 19.3. The van der Waals surface area contributed by atoms with E-state index >= 15 is 0 Å². The van der Waals surface area contributed by atoms with Crippen LogP contribution in [0.1, 0.15) is 18.9 Å². The van der Waals surface area contributed by atoms with Crippen LogP contribution in [0.3, 0.4) is 0 Å². The predicted molar refractivity (Wildman–Crippen MR) is 149 cm³/mol. The summed E-state index contributed by atoms with van der Waals surface area (Å²) >= 11 is 8.76. The number of nitrogens with zero attached hydrogens (tertiary/aromatic N) is 2. The fraction of sp³-hybridized carbons (Fsp3) is 0.143. The van der Waals surface area contributed by atoms with Gasteiger partial charge >= 0.3 is 0 Å². The number of nitrogens with one attached hydrogen (secondary N) is 1. The molecule has 5 aromatic rings. The van der Waals surface area contributed by atoms with Gasteiger partial charge < -0.3 is 10.4 Å². The summed E-state index contributed by atoms with van der Waals surface area (Å²) in [6.45, 7) is 2.52. The molecule has 178 valence electrons. The molecule has 0 aliphatic heterocycles. The molecule has 1 atom stereocenters. The van der Waals surface area contributed by atoms with Gasteiger partial charge in [-0.05, 0) is 18.9 Å². The lowest BCUT2D eigenvalue weighted by atomic mass is 9.93. The highest BCUT2D eigenvalue weighted by Crippen LogP contribution is 2.27. The second kappa shape index (κ2) is 12.1.